The van der Waals surface area contributed by atoms with Crippen LogP contribution in [0.1, 0.15) is 32.8 Å². The van der Waals surface area contributed by atoms with Crippen LogP contribution in [0.3, 0.4) is 0 Å². The van der Waals surface area contributed by atoms with Crippen molar-refractivity contribution >= 4 is 11.0 Å². The molecule has 264 valence electrons. The molecular weight excluding hydrogens is 640 g/mol. The van der Waals surface area contributed by atoms with Gasteiger partial charge >= 0.3 is 0 Å². The molecule has 10 unspecified atom stereocenters. The highest BCUT2D eigenvalue weighted by atomic mass is 16.8. The van der Waals surface area contributed by atoms with Gasteiger partial charge in [0.2, 0.25) is 6.29 Å². The van der Waals surface area contributed by atoms with E-state index in [2.05, 4.69) is 0 Å². The Balaban J connectivity index is 1.61. The van der Waals surface area contributed by atoms with Crippen LogP contribution in [0.15, 0.2) is 33.5 Å². The van der Waals surface area contributed by atoms with Crippen LogP contribution in [-0.2, 0) is 20.6 Å². The van der Waals surface area contributed by atoms with Crippen LogP contribution in [0.2, 0.25) is 0 Å². The van der Waals surface area contributed by atoms with Crippen LogP contribution >= 0.6 is 0 Å². The van der Waals surface area contributed by atoms with Gasteiger partial charge in [0.25, 0.3) is 0 Å². The maximum Gasteiger partial charge on any atom is 0.229 e. The number of fused-ring (bicyclic) bond motifs is 1. The largest absolute Gasteiger partial charge is 0.508 e. The molecule has 0 saturated carbocycles. The summed E-state index contributed by atoms with van der Waals surface area (Å²) in [6.45, 7) is 4.47. The van der Waals surface area contributed by atoms with Gasteiger partial charge in [-0.05, 0) is 37.8 Å². The van der Waals surface area contributed by atoms with Crippen LogP contribution in [0.5, 0.6) is 28.7 Å². The SMILES string of the molecule is CC(C)CCc1c(-c2cc(O)c(O)c(O)c2)oc2cc(O)cc(OC3OC(CO)C(O)C(O)C3OC3OC(C)C(O)C(O)C3O)c2c1=O. The topological polar surface area (TPSA) is 269 Å². The molecule has 3 aromatic rings. The molecule has 2 aliphatic rings. The van der Waals surface area contributed by atoms with Gasteiger partial charge in [-0.3, -0.25) is 4.79 Å². The van der Waals surface area contributed by atoms with Crippen LogP contribution < -0.4 is 10.2 Å². The fraction of sp³-hybridized carbons (Fsp3) is 0.531. The fourth-order valence-electron chi connectivity index (χ4n) is 5.73. The van der Waals surface area contributed by atoms with Crippen molar-refractivity contribution in [2.75, 3.05) is 6.61 Å². The van der Waals surface area contributed by atoms with Gasteiger partial charge < -0.3 is 74.4 Å². The second-order valence-corrected chi connectivity index (χ2v) is 12.5. The average molecular weight is 681 g/mol. The number of phenols is 4. The van der Waals surface area contributed by atoms with Crippen molar-refractivity contribution in [1.82, 2.24) is 0 Å². The summed E-state index contributed by atoms with van der Waals surface area (Å²) in [5, 5.41) is 103. The van der Waals surface area contributed by atoms with Crippen molar-refractivity contribution in [3.63, 3.8) is 0 Å². The summed E-state index contributed by atoms with van der Waals surface area (Å²) in [5.41, 5.74) is -0.711. The Hall–Kier alpha value is -3.71. The highest BCUT2D eigenvalue weighted by Crippen LogP contribution is 2.42. The number of phenolic OH excluding ortho intramolecular Hbond substituents is 4. The molecule has 10 N–H and O–H groups in total. The predicted octanol–water partition coefficient (Wildman–Crippen LogP) is -0.0985. The lowest BCUT2D eigenvalue weighted by Crippen LogP contribution is -2.64. The standard InChI is InChI=1S/C32H40O16/c1-11(2)4-5-15-23(38)21-18(45-29(15)13-6-16(35)24(39)17(36)7-13)8-14(34)9-19(21)46-32-30(27(42)25(40)20(10-33)47-32)48-31-28(43)26(41)22(37)12(3)44-31/h6-9,11-12,20,22,25-28,30-37,39-43H,4-5,10H2,1-3H3. The molecule has 2 saturated heterocycles. The van der Waals surface area contributed by atoms with E-state index in [0.29, 0.717) is 6.42 Å². The molecule has 16 nitrogen and oxygen atoms in total. The van der Waals surface area contributed by atoms with Crippen LogP contribution in [-0.4, -0.2) is 119 Å². The van der Waals surface area contributed by atoms with Gasteiger partial charge in [0.15, 0.2) is 35.1 Å². The quantitative estimate of drug-likeness (QED) is 0.132. The monoisotopic (exact) mass is 680 g/mol. The van der Waals surface area contributed by atoms with Gasteiger partial charge in [0.05, 0.1) is 12.7 Å². The van der Waals surface area contributed by atoms with Crippen molar-refractivity contribution in [1.29, 1.82) is 0 Å². The zero-order chi connectivity index (χ0) is 35.2. The third-order valence-corrected chi connectivity index (χ3v) is 8.51. The summed E-state index contributed by atoms with van der Waals surface area (Å²) < 4.78 is 29.0. The minimum absolute atomic E-state index is 0.0471. The Kier molecular flexibility index (Phi) is 10.4. The number of ether oxygens (including phenoxy) is 4. The summed E-state index contributed by atoms with van der Waals surface area (Å²) in [6, 6.07) is 4.36. The minimum Gasteiger partial charge on any atom is -0.508 e. The highest BCUT2D eigenvalue weighted by Gasteiger charge is 2.51. The first-order chi connectivity index (χ1) is 22.6. The minimum atomic E-state index is -1.85. The molecule has 0 aliphatic carbocycles. The van der Waals surface area contributed by atoms with Crippen molar-refractivity contribution in [2.24, 2.45) is 5.92 Å². The Labute approximate surface area is 273 Å². The first-order valence-electron chi connectivity index (χ1n) is 15.3. The van der Waals surface area contributed by atoms with Gasteiger partial charge in [0, 0.05) is 23.3 Å². The summed E-state index contributed by atoms with van der Waals surface area (Å²) in [4.78, 5) is 14.2. The summed E-state index contributed by atoms with van der Waals surface area (Å²) in [5.74, 6) is -2.86. The third kappa shape index (κ3) is 6.76. The van der Waals surface area contributed by atoms with E-state index in [1.54, 1.807) is 0 Å². The summed E-state index contributed by atoms with van der Waals surface area (Å²) in [6.07, 6.45) is -15.5. The molecule has 0 radical (unpaired) electrons. The average Bonchev–Trinajstić information content (AvgIpc) is 3.03. The van der Waals surface area contributed by atoms with Gasteiger partial charge in [0.1, 0.15) is 64.9 Å². The van der Waals surface area contributed by atoms with Crippen molar-refractivity contribution in [3.05, 3.63) is 40.1 Å². The Bertz CT molecular complexity index is 1650. The van der Waals surface area contributed by atoms with E-state index >= 15 is 0 Å². The molecule has 2 fully saturated rings. The molecule has 3 heterocycles. The number of benzene rings is 2. The highest BCUT2D eigenvalue weighted by molar-refractivity contribution is 5.88. The van der Waals surface area contributed by atoms with E-state index in [1.165, 1.54) is 6.92 Å². The molecule has 1 aromatic heterocycles. The molecule has 2 aromatic carbocycles. The van der Waals surface area contributed by atoms with E-state index in [-0.39, 0.29) is 45.9 Å². The Morgan fingerprint density at radius 2 is 1.50 bits per heavy atom. The van der Waals surface area contributed by atoms with E-state index in [1.807, 2.05) is 13.8 Å². The molecule has 16 heteroatoms. The van der Waals surface area contributed by atoms with E-state index in [0.717, 1.165) is 24.3 Å². The molecule has 0 bridgehead atoms. The summed E-state index contributed by atoms with van der Waals surface area (Å²) in [7, 11) is 0. The van der Waals surface area contributed by atoms with Crippen molar-refractivity contribution < 1.29 is 74.4 Å². The number of aromatic hydroxyl groups is 4. The van der Waals surface area contributed by atoms with Crippen molar-refractivity contribution in [3.8, 4) is 40.1 Å². The third-order valence-electron chi connectivity index (χ3n) is 8.51. The van der Waals surface area contributed by atoms with E-state index < -0.39 is 96.4 Å². The van der Waals surface area contributed by atoms with Crippen molar-refractivity contribution in [2.45, 2.75) is 95.0 Å². The molecule has 48 heavy (non-hydrogen) atoms. The number of aliphatic hydroxyl groups excluding tert-OH is 6. The van der Waals surface area contributed by atoms with Crippen LogP contribution in [0.4, 0.5) is 0 Å². The smallest absolute Gasteiger partial charge is 0.229 e. The first kappa shape index (κ1) is 35.6. The molecule has 0 amide bonds. The fourth-order valence-corrected chi connectivity index (χ4v) is 5.73. The molecule has 10 atom stereocenters. The lowest BCUT2D eigenvalue weighted by Gasteiger charge is -2.45. The maximum absolute atomic E-state index is 14.2. The number of hydrogen-bond donors (Lipinski definition) is 10. The molecular formula is C32H40O16. The normalized spacial score (nSPS) is 31.0. The van der Waals surface area contributed by atoms with Gasteiger partial charge in [-0.15, -0.1) is 0 Å². The lowest BCUT2D eigenvalue weighted by atomic mass is 9.96. The van der Waals surface area contributed by atoms with Gasteiger partial charge in [-0.1, -0.05) is 13.8 Å². The number of rotatable bonds is 9. The van der Waals surface area contributed by atoms with Gasteiger partial charge in [-0.2, -0.15) is 0 Å². The molecule has 0 spiro atoms. The maximum atomic E-state index is 14.2. The number of aliphatic hydroxyl groups is 6. The van der Waals surface area contributed by atoms with Crippen LogP contribution in [0, 0.1) is 5.92 Å². The lowest BCUT2D eigenvalue weighted by molar-refractivity contribution is -0.354. The van der Waals surface area contributed by atoms with Crippen LogP contribution in [0.25, 0.3) is 22.3 Å². The number of hydrogen-bond acceptors (Lipinski definition) is 16. The first-order valence-corrected chi connectivity index (χ1v) is 15.3. The van der Waals surface area contributed by atoms with E-state index in [4.69, 9.17) is 23.4 Å². The summed E-state index contributed by atoms with van der Waals surface area (Å²) >= 11 is 0. The zero-order valence-corrected chi connectivity index (χ0v) is 26.2. The molecule has 5 rings (SSSR count). The Morgan fingerprint density at radius 3 is 2.12 bits per heavy atom. The predicted molar refractivity (Wildman–Crippen MR) is 163 cm³/mol. The van der Waals surface area contributed by atoms with Gasteiger partial charge in [-0.25, -0.2) is 0 Å². The Morgan fingerprint density at radius 1 is 0.833 bits per heavy atom. The second-order valence-electron chi connectivity index (χ2n) is 12.5. The van der Waals surface area contributed by atoms with E-state index in [9.17, 15) is 55.9 Å². The second kappa shape index (κ2) is 14.0. The molecule has 2 aliphatic heterocycles. The zero-order valence-electron chi connectivity index (χ0n) is 26.2.